The summed E-state index contributed by atoms with van der Waals surface area (Å²) >= 11 is 0. The highest BCUT2D eigenvalue weighted by molar-refractivity contribution is 5.85. The lowest BCUT2D eigenvalue weighted by molar-refractivity contribution is 0.136. The summed E-state index contributed by atoms with van der Waals surface area (Å²) in [5, 5.41) is 10.3. The number of benzene rings is 3. The van der Waals surface area contributed by atoms with Crippen molar-refractivity contribution in [3.05, 3.63) is 77.4 Å². The van der Waals surface area contributed by atoms with E-state index in [1.165, 1.54) is 40.3 Å². The van der Waals surface area contributed by atoms with Crippen molar-refractivity contribution in [2.24, 2.45) is 11.7 Å². The summed E-state index contributed by atoms with van der Waals surface area (Å²) in [4.78, 5) is 4.48. The van der Waals surface area contributed by atoms with Gasteiger partial charge < -0.3 is 15.4 Å². The summed E-state index contributed by atoms with van der Waals surface area (Å²) in [6.07, 6.45) is 3.29. The molecule has 1 saturated heterocycles. The van der Waals surface area contributed by atoms with Crippen LogP contribution in [-0.2, 0) is 19.5 Å². The Bertz CT molecular complexity index is 1110. The molecule has 3 aromatic carbocycles. The molecule has 174 valence electrons. The SMILES string of the molecule is Cl.N=C(N)N1CCc2ccc(OCC3CCN(Cc4ccc5ccccc5c4)CC3)cc2C1. The van der Waals surface area contributed by atoms with Crippen molar-refractivity contribution >= 4 is 29.1 Å². The standard InChI is InChI=1S/C27H32N4O.ClH/c28-27(29)31-14-11-23-7-8-26(16-25(23)18-31)32-19-20-9-12-30(13-10-20)17-21-5-6-22-3-1-2-4-24(22)15-21;/h1-8,15-16,20H,9-14,17-19H2,(H3,28,29);1H. The highest BCUT2D eigenvalue weighted by Gasteiger charge is 2.21. The number of fused-ring (bicyclic) bond motifs is 2. The maximum Gasteiger partial charge on any atom is 0.188 e. The molecule has 0 saturated carbocycles. The first-order valence-electron chi connectivity index (χ1n) is 11.7. The van der Waals surface area contributed by atoms with Gasteiger partial charge in [-0.3, -0.25) is 10.3 Å². The average molecular weight is 465 g/mol. The Morgan fingerprint density at radius 2 is 1.73 bits per heavy atom. The van der Waals surface area contributed by atoms with Gasteiger partial charge in [-0.15, -0.1) is 12.4 Å². The number of nitrogens with zero attached hydrogens (tertiary/aromatic N) is 2. The van der Waals surface area contributed by atoms with Gasteiger partial charge in [-0.1, -0.05) is 42.5 Å². The van der Waals surface area contributed by atoms with Gasteiger partial charge in [0.1, 0.15) is 5.75 Å². The minimum absolute atomic E-state index is 0. The third-order valence-electron chi connectivity index (χ3n) is 6.94. The average Bonchev–Trinajstić information content (AvgIpc) is 2.83. The zero-order valence-corrected chi connectivity index (χ0v) is 19.8. The first kappa shape index (κ1) is 23.4. The molecule has 3 aromatic rings. The monoisotopic (exact) mass is 464 g/mol. The maximum absolute atomic E-state index is 7.69. The lowest BCUT2D eigenvalue weighted by atomic mass is 9.97. The quantitative estimate of drug-likeness (QED) is 0.420. The number of nitrogens with two attached hydrogens (primary N) is 1. The first-order chi connectivity index (χ1) is 15.6. The van der Waals surface area contributed by atoms with E-state index in [0.717, 1.165) is 45.0 Å². The molecule has 5 rings (SSSR count). The molecule has 0 spiro atoms. The predicted octanol–water partition coefficient (Wildman–Crippen LogP) is 4.80. The van der Waals surface area contributed by atoms with Crippen molar-refractivity contribution in [3.63, 3.8) is 0 Å². The van der Waals surface area contributed by atoms with Crippen LogP contribution in [0.2, 0.25) is 0 Å². The second-order valence-corrected chi connectivity index (χ2v) is 9.20. The van der Waals surface area contributed by atoms with Gasteiger partial charge in [-0.25, -0.2) is 0 Å². The zero-order valence-electron chi connectivity index (χ0n) is 19.0. The third kappa shape index (κ3) is 5.60. The minimum atomic E-state index is 0. The minimum Gasteiger partial charge on any atom is -0.493 e. The normalized spacial score (nSPS) is 16.8. The molecule has 2 aliphatic heterocycles. The van der Waals surface area contributed by atoms with Gasteiger partial charge in [-0.2, -0.15) is 0 Å². The van der Waals surface area contributed by atoms with E-state index < -0.39 is 0 Å². The Morgan fingerprint density at radius 3 is 2.52 bits per heavy atom. The van der Waals surface area contributed by atoms with Crippen molar-refractivity contribution < 1.29 is 4.74 Å². The molecule has 2 heterocycles. The molecule has 0 radical (unpaired) electrons. The van der Waals surface area contributed by atoms with E-state index >= 15 is 0 Å². The van der Waals surface area contributed by atoms with E-state index in [9.17, 15) is 0 Å². The fraction of sp³-hybridized carbons (Fsp3) is 0.370. The van der Waals surface area contributed by atoms with Crippen molar-refractivity contribution in [3.8, 4) is 5.75 Å². The van der Waals surface area contributed by atoms with E-state index in [2.05, 4.69) is 65.6 Å². The number of hydrogen-bond donors (Lipinski definition) is 2. The van der Waals surface area contributed by atoms with Crippen LogP contribution in [0, 0.1) is 11.3 Å². The predicted molar refractivity (Wildman–Crippen MR) is 137 cm³/mol. The molecule has 5 nitrogen and oxygen atoms in total. The van der Waals surface area contributed by atoms with Gasteiger partial charge in [0.25, 0.3) is 0 Å². The van der Waals surface area contributed by atoms with Crippen LogP contribution in [0.1, 0.15) is 29.5 Å². The van der Waals surface area contributed by atoms with Crippen LogP contribution in [0.3, 0.4) is 0 Å². The molecule has 0 bridgehead atoms. The lowest BCUT2D eigenvalue weighted by Gasteiger charge is -2.32. The van der Waals surface area contributed by atoms with Gasteiger partial charge in [0.05, 0.1) is 6.61 Å². The summed E-state index contributed by atoms with van der Waals surface area (Å²) in [6.45, 7) is 5.57. The van der Waals surface area contributed by atoms with E-state index in [-0.39, 0.29) is 18.4 Å². The van der Waals surface area contributed by atoms with Crippen LogP contribution in [0.5, 0.6) is 5.75 Å². The third-order valence-corrected chi connectivity index (χ3v) is 6.94. The molecule has 0 aromatic heterocycles. The summed E-state index contributed by atoms with van der Waals surface area (Å²) < 4.78 is 6.19. The van der Waals surface area contributed by atoms with E-state index in [4.69, 9.17) is 15.9 Å². The van der Waals surface area contributed by atoms with Gasteiger partial charge in [0.15, 0.2) is 5.96 Å². The highest BCUT2D eigenvalue weighted by atomic mass is 35.5. The second kappa shape index (κ2) is 10.4. The Balaban J connectivity index is 0.00000259. The summed E-state index contributed by atoms with van der Waals surface area (Å²) in [5.74, 6) is 1.69. The molecule has 1 fully saturated rings. The van der Waals surface area contributed by atoms with Crippen LogP contribution < -0.4 is 10.5 Å². The number of ether oxygens (including phenoxy) is 1. The molecular formula is C27H33ClN4O. The molecule has 0 amide bonds. The number of hydrogen-bond acceptors (Lipinski definition) is 3. The highest BCUT2D eigenvalue weighted by Crippen LogP contribution is 2.26. The topological polar surface area (TPSA) is 65.6 Å². The van der Waals surface area contributed by atoms with Crippen LogP contribution in [0.15, 0.2) is 60.7 Å². The molecular weight excluding hydrogens is 432 g/mol. The largest absolute Gasteiger partial charge is 0.493 e. The lowest BCUT2D eigenvalue weighted by Crippen LogP contribution is -2.40. The summed E-state index contributed by atoms with van der Waals surface area (Å²) in [6, 6.07) is 21.8. The summed E-state index contributed by atoms with van der Waals surface area (Å²) in [5.41, 5.74) is 9.65. The molecule has 0 atom stereocenters. The summed E-state index contributed by atoms with van der Waals surface area (Å²) in [7, 11) is 0. The van der Waals surface area contributed by atoms with Gasteiger partial charge >= 0.3 is 0 Å². The molecule has 2 aliphatic rings. The number of nitrogens with one attached hydrogen (secondary N) is 1. The van der Waals surface area contributed by atoms with E-state index in [0.29, 0.717) is 12.5 Å². The number of piperidine rings is 1. The smallest absolute Gasteiger partial charge is 0.188 e. The molecule has 0 aliphatic carbocycles. The fourth-order valence-electron chi connectivity index (χ4n) is 4.95. The fourth-order valence-corrected chi connectivity index (χ4v) is 4.95. The van der Waals surface area contributed by atoms with Crippen molar-refractivity contribution in [1.82, 2.24) is 9.80 Å². The van der Waals surface area contributed by atoms with E-state index in [1.807, 2.05) is 4.90 Å². The van der Waals surface area contributed by atoms with Crippen LogP contribution >= 0.6 is 12.4 Å². The van der Waals surface area contributed by atoms with Gasteiger partial charge in [-0.05, 0) is 83.9 Å². The van der Waals surface area contributed by atoms with Crippen molar-refractivity contribution in [2.45, 2.75) is 32.4 Å². The van der Waals surface area contributed by atoms with E-state index in [1.54, 1.807) is 0 Å². The van der Waals surface area contributed by atoms with Crippen LogP contribution in [0.4, 0.5) is 0 Å². The Morgan fingerprint density at radius 1 is 0.939 bits per heavy atom. The van der Waals surface area contributed by atoms with Crippen molar-refractivity contribution in [1.29, 1.82) is 5.41 Å². The van der Waals surface area contributed by atoms with Crippen LogP contribution in [0.25, 0.3) is 10.8 Å². The van der Waals surface area contributed by atoms with Crippen LogP contribution in [-0.4, -0.2) is 42.0 Å². The van der Waals surface area contributed by atoms with Gasteiger partial charge in [0.2, 0.25) is 0 Å². The number of likely N-dealkylation sites (tertiary alicyclic amines) is 1. The number of rotatable bonds is 5. The molecule has 3 N–H and O–H groups in total. The number of guanidine groups is 1. The molecule has 33 heavy (non-hydrogen) atoms. The first-order valence-corrected chi connectivity index (χ1v) is 11.7. The zero-order chi connectivity index (χ0) is 21.9. The molecule has 0 unspecified atom stereocenters. The molecule has 6 heteroatoms. The Labute approximate surface area is 202 Å². The Hall–Kier alpha value is -2.76. The van der Waals surface area contributed by atoms with Gasteiger partial charge in [0, 0.05) is 19.6 Å². The second-order valence-electron chi connectivity index (χ2n) is 9.20. The number of halogens is 1. The Kier molecular flexibility index (Phi) is 7.41. The maximum atomic E-state index is 7.69. The van der Waals surface area contributed by atoms with Crippen molar-refractivity contribution in [2.75, 3.05) is 26.2 Å².